The van der Waals surface area contributed by atoms with Gasteiger partial charge < -0.3 is 19.7 Å². The van der Waals surface area contributed by atoms with E-state index in [2.05, 4.69) is 14.9 Å². The predicted molar refractivity (Wildman–Crippen MR) is 111 cm³/mol. The van der Waals surface area contributed by atoms with Crippen LogP contribution >= 0.6 is 0 Å². The van der Waals surface area contributed by atoms with Crippen molar-refractivity contribution in [2.75, 3.05) is 44.2 Å². The van der Waals surface area contributed by atoms with Gasteiger partial charge in [0.2, 0.25) is 5.91 Å². The Morgan fingerprint density at radius 2 is 1.69 bits per heavy atom. The van der Waals surface area contributed by atoms with Crippen LogP contribution in [0.4, 0.5) is 5.82 Å². The van der Waals surface area contributed by atoms with Crippen molar-refractivity contribution in [3.05, 3.63) is 60.4 Å². The first-order valence-electron chi connectivity index (χ1n) is 10.0. The second kappa shape index (κ2) is 7.24. The maximum absolute atomic E-state index is 12.8. The molecule has 0 spiro atoms. The van der Waals surface area contributed by atoms with Gasteiger partial charge in [0, 0.05) is 62.6 Å². The molecule has 0 aliphatic carbocycles. The lowest BCUT2D eigenvalue weighted by Gasteiger charge is -2.43. The van der Waals surface area contributed by atoms with Crippen molar-refractivity contribution in [1.29, 1.82) is 0 Å². The lowest BCUT2D eigenvalue weighted by atomic mass is 9.96. The second-order valence-electron chi connectivity index (χ2n) is 7.66. The highest BCUT2D eigenvalue weighted by Crippen LogP contribution is 2.25. The monoisotopic (exact) mass is 389 g/mol. The molecule has 4 heterocycles. The van der Waals surface area contributed by atoms with Gasteiger partial charge in [0.1, 0.15) is 5.82 Å². The maximum atomic E-state index is 12.8. The standard InChI is InChI=1S/C22H23N5O2/c28-21(26-11-9-25(10-12-26)20-7-3-4-8-23-20)16-14-27(15-16)22(29)18-13-24-19-6-2-1-5-17(18)19/h1-8,13,16,24H,9-12,14-15H2. The highest BCUT2D eigenvalue weighted by Gasteiger charge is 2.39. The lowest BCUT2D eigenvalue weighted by molar-refractivity contribution is -0.140. The minimum absolute atomic E-state index is 0.00790. The molecule has 0 unspecified atom stereocenters. The number of hydrogen-bond acceptors (Lipinski definition) is 4. The van der Waals surface area contributed by atoms with Crippen molar-refractivity contribution in [2.45, 2.75) is 0 Å². The number of likely N-dealkylation sites (tertiary alicyclic amines) is 1. The minimum atomic E-state index is -0.0921. The van der Waals surface area contributed by atoms with Gasteiger partial charge in [-0.3, -0.25) is 9.59 Å². The first-order valence-corrected chi connectivity index (χ1v) is 10.0. The highest BCUT2D eigenvalue weighted by molar-refractivity contribution is 6.07. The molecule has 0 radical (unpaired) electrons. The normalized spacial score (nSPS) is 17.4. The molecule has 0 saturated carbocycles. The number of rotatable bonds is 3. The fraction of sp³-hybridized carbons (Fsp3) is 0.318. The molecule has 7 nitrogen and oxygen atoms in total. The van der Waals surface area contributed by atoms with Crippen LogP contribution in [0.2, 0.25) is 0 Å². The van der Waals surface area contributed by atoms with Crippen LogP contribution in [0.15, 0.2) is 54.9 Å². The molecule has 7 heteroatoms. The number of pyridine rings is 1. The molecule has 2 aliphatic heterocycles. The molecule has 148 valence electrons. The molecule has 2 fully saturated rings. The molecular weight excluding hydrogens is 366 g/mol. The number of carbonyl (C=O) groups excluding carboxylic acids is 2. The summed E-state index contributed by atoms with van der Waals surface area (Å²) < 4.78 is 0. The third-order valence-electron chi connectivity index (χ3n) is 5.90. The van der Waals surface area contributed by atoms with E-state index >= 15 is 0 Å². The summed E-state index contributed by atoms with van der Waals surface area (Å²) in [5.74, 6) is 1.02. The Kier molecular flexibility index (Phi) is 4.42. The van der Waals surface area contributed by atoms with Crippen molar-refractivity contribution in [3.8, 4) is 0 Å². The first kappa shape index (κ1) is 17.7. The number of carbonyl (C=O) groups is 2. The van der Waals surface area contributed by atoms with E-state index in [1.165, 1.54) is 0 Å². The number of nitrogens with zero attached hydrogens (tertiary/aromatic N) is 4. The van der Waals surface area contributed by atoms with Crippen LogP contribution in [0.3, 0.4) is 0 Å². The van der Waals surface area contributed by atoms with Crippen molar-refractivity contribution in [1.82, 2.24) is 19.8 Å². The summed E-state index contributed by atoms with van der Waals surface area (Å²) >= 11 is 0. The Bertz CT molecular complexity index is 1030. The molecule has 2 aromatic heterocycles. The van der Waals surface area contributed by atoms with Crippen LogP contribution in [-0.4, -0.2) is 70.9 Å². The Morgan fingerprint density at radius 3 is 2.45 bits per heavy atom. The van der Waals surface area contributed by atoms with Crippen LogP contribution < -0.4 is 4.90 Å². The van der Waals surface area contributed by atoms with Crippen LogP contribution in [0.1, 0.15) is 10.4 Å². The van der Waals surface area contributed by atoms with Crippen molar-refractivity contribution < 1.29 is 9.59 Å². The van der Waals surface area contributed by atoms with Gasteiger partial charge in [0.05, 0.1) is 11.5 Å². The van der Waals surface area contributed by atoms with E-state index in [-0.39, 0.29) is 17.7 Å². The van der Waals surface area contributed by atoms with Gasteiger partial charge >= 0.3 is 0 Å². The third kappa shape index (κ3) is 3.22. The molecule has 1 N–H and O–H groups in total. The predicted octanol–water partition coefficient (Wildman–Crippen LogP) is 1.98. The minimum Gasteiger partial charge on any atom is -0.360 e. The number of aromatic amines is 1. The van der Waals surface area contributed by atoms with Crippen LogP contribution in [0.5, 0.6) is 0 Å². The van der Waals surface area contributed by atoms with E-state index in [0.29, 0.717) is 31.7 Å². The highest BCUT2D eigenvalue weighted by atomic mass is 16.2. The summed E-state index contributed by atoms with van der Waals surface area (Å²) in [7, 11) is 0. The summed E-state index contributed by atoms with van der Waals surface area (Å²) in [6.07, 6.45) is 3.56. The van der Waals surface area contributed by atoms with Gasteiger partial charge in [0.25, 0.3) is 5.91 Å². The van der Waals surface area contributed by atoms with E-state index in [1.807, 2.05) is 47.4 Å². The number of piperazine rings is 1. The Morgan fingerprint density at radius 1 is 0.931 bits per heavy atom. The van der Waals surface area contributed by atoms with E-state index in [9.17, 15) is 9.59 Å². The number of aromatic nitrogens is 2. The third-order valence-corrected chi connectivity index (χ3v) is 5.90. The molecule has 3 aromatic rings. The van der Waals surface area contributed by atoms with Gasteiger partial charge in [-0.25, -0.2) is 4.98 Å². The van der Waals surface area contributed by atoms with Crippen molar-refractivity contribution in [2.24, 2.45) is 5.92 Å². The van der Waals surface area contributed by atoms with Crippen LogP contribution in [-0.2, 0) is 4.79 Å². The molecular formula is C22H23N5O2. The summed E-state index contributed by atoms with van der Waals surface area (Å²) in [4.78, 5) is 39.1. The second-order valence-corrected chi connectivity index (χ2v) is 7.66. The molecule has 2 amide bonds. The number of hydrogen-bond donors (Lipinski definition) is 1. The van der Waals surface area contributed by atoms with Gasteiger partial charge in [-0.05, 0) is 18.2 Å². The van der Waals surface area contributed by atoms with Crippen LogP contribution in [0.25, 0.3) is 10.9 Å². The summed E-state index contributed by atoms with van der Waals surface area (Å²) in [6, 6.07) is 13.7. The number of H-pyrrole nitrogens is 1. The fourth-order valence-corrected chi connectivity index (χ4v) is 4.17. The zero-order chi connectivity index (χ0) is 19.8. The van der Waals surface area contributed by atoms with E-state index < -0.39 is 0 Å². The van der Waals surface area contributed by atoms with Crippen LogP contribution in [0, 0.1) is 5.92 Å². The molecule has 2 aliphatic rings. The summed E-state index contributed by atoms with van der Waals surface area (Å²) in [6.45, 7) is 3.96. The van der Waals surface area contributed by atoms with E-state index in [1.54, 1.807) is 17.3 Å². The largest absolute Gasteiger partial charge is 0.360 e. The average Bonchev–Trinajstić information content (AvgIpc) is 3.17. The lowest BCUT2D eigenvalue weighted by Crippen LogP contribution is -2.59. The summed E-state index contributed by atoms with van der Waals surface area (Å²) in [5, 5.41) is 0.929. The molecule has 0 atom stereocenters. The maximum Gasteiger partial charge on any atom is 0.256 e. The number of para-hydroxylation sites is 1. The first-order chi connectivity index (χ1) is 14.2. The van der Waals surface area contributed by atoms with E-state index in [0.717, 1.165) is 29.8 Å². The number of fused-ring (bicyclic) bond motifs is 1. The smallest absolute Gasteiger partial charge is 0.256 e. The molecule has 0 bridgehead atoms. The Balaban J connectivity index is 1.16. The van der Waals surface area contributed by atoms with Gasteiger partial charge in [-0.15, -0.1) is 0 Å². The Labute approximate surface area is 168 Å². The van der Waals surface area contributed by atoms with E-state index in [4.69, 9.17) is 0 Å². The van der Waals surface area contributed by atoms with Crippen molar-refractivity contribution >= 4 is 28.5 Å². The van der Waals surface area contributed by atoms with Crippen molar-refractivity contribution in [3.63, 3.8) is 0 Å². The SMILES string of the molecule is O=C(c1c[nH]c2ccccc12)N1CC(C(=O)N2CCN(c3ccccn3)CC2)C1. The average molecular weight is 389 g/mol. The zero-order valence-corrected chi connectivity index (χ0v) is 16.1. The molecule has 1 aromatic carbocycles. The quantitative estimate of drug-likeness (QED) is 0.744. The van der Waals surface area contributed by atoms with Gasteiger partial charge in [-0.2, -0.15) is 0 Å². The van der Waals surface area contributed by atoms with Gasteiger partial charge in [-0.1, -0.05) is 24.3 Å². The van der Waals surface area contributed by atoms with Gasteiger partial charge in [0.15, 0.2) is 0 Å². The molecule has 5 rings (SSSR count). The number of benzene rings is 1. The number of amides is 2. The fourth-order valence-electron chi connectivity index (χ4n) is 4.17. The Hall–Kier alpha value is -3.35. The zero-order valence-electron chi connectivity index (χ0n) is 16.1. The molecule has 29 heavy (non-hydrogen) atoms. The number of nitrogens with one attached hydrogen (secondary N) is 1. The number of anilines is 1. The summed E-state index contributed by atoms with van der Waals surface area (Å²) in [5.41, 5.74) is 1.63. The molecule has 2 saturated heterocycles. The topological polar surface area (TPSA) is 72.5 Å².